The number of ether oxygens (including phenoxy) is 1. The number of benzene rings is 1. The van der Waals surface area contributed by atoms with Gasteiger partial charge in [0.15, 0.2) is 0 Å². The quantitative estimate of drug-likeness (QED) is 0.677. The van der Waals surface area contributed by atoms with Crippen molar-refractivity contribution >= 4 is 17.4 Å². The lowest BCUT2D eigenvalue weighted by Gasteiger charge is -2.15. The van der Waals surface area contributed by atoms with Gasteiger partial charge < -0.3 is 9.64 Å². The van der Waals surface area contributed by atoms with E-state index in [2.05, 4.69) is 0 Å². The minimum Gasteiger partial charge on any atom is -0.497 e. The molecule has 0 bridgehead atoms. The molecule has 2 rings (SSSR count). The van der Waals surface area contributed by atoms with Crippen molar-refractivity contribution < 1.29 is 14.3 Å². The molecular weight excluding hydrogens is 194 g/mol. The fourth-order valence-corrected chi connectivity index (χ4v) is 1.60. The Bertz CT molecular complexity index is 414. The summed E-state index contributed by atoms with van der Waals surface area (Å²) in [5, 5.41) is 0. The van der Waals surface area contributed by atoms with E-state index in [4.69, 9.17) is 4.74 Å². The summed E-state index contributed by atoms with van der Waals surface area (Å²) in [5.41, 5.74) is 0.713. The average Bonchev–Trinajstić information content (AvgIpc) is 2.60. The summed E-state index contributed by atoms with van der Waals surface area (Å²) in [5.74, 6) is -0.0688. The Balaban J connectivity index is 2.30. The second-order valence-corrected chi connectivity index (χ2v) is 3.33. The molecule has 1 aromatic carbocycles. The SMILES string of the molecule is COc1cccc(N2CCC(=O)C2=O)c1. The van der Waals surface area contributed by atoms with Crippen LogP contribution in [0, 0.1) is 0 Å². The van der Waals surface area contributed by atoms with E-state index in [0.717, 1.165) is 0 Å². The molecule has 1 fully saturated rings. The van der Waals surface area contributed by atoms with Gasteiger partial charge >= 0.3 is 0 Å². The summed E-state index contributed by atoms with van der Waals surface area (Å²) in [6.07, 6.45) is 0.302. The topological polar surface area (TPSA) is 46.6 Å². The molecule has 1 saturated heterocycles. The summed E-state index contributed by atoms with van der Waals surface area (Å²) in [6, 6.07) is 7.13. The predicted molar refractivity (Wildman–Crippen MR) is 55.0 cm³/mol. The lowest BCUT2D eigenvalue weighted by atomic mass is 10.3. The molecule has 0 atom stereocenters. The van der Waals surface area contributed by atoms with Crippen LogP contribution in [0.4, 0.5) is 5.69 Å². The average molecular weight is 205 g/mol. The summed E-state index contributed by atoms with van der Waals surface area (Å²) in [4.78, 5) is 24.0. The Labute approximate surface area is 87.4 Å². The normalized spacial score (nSPS) is 15.9. The highest BCUT2D eigenvalue weighted by Crippen LogP contribution is 2.23. The van der Waals surface area contributed by atoms with Gasteiger partial charge in [0.05, 0.1) is 7.11 Å². The molecule has 0 aromatic heterocycles. The molecule has 0 radical (unpaired) electrons. The van der Waals surface area contributed by atoms with Crippen molar-refractivity contribution in [3.8, 4) is 5.75 Å². The molecule has 0 unspecified atom stereocenters. The molecular formula is C11H11NO3. The van der Waals surface area contributed by atoms with Crippen molar-refractivity contribution in [2.24, 2.45) is 0 Å². The van der Waals surface area contributed by atoms with Crippen molar-refractivity contribution in [3.05, 3.63) is 24.3 Å². The van der Waals surface area contributed by atoms with Crippen LogP contribution in [0.5, 0.6) is 5.75 Å². The standard InChI is InChI=1S/C11H11NO3/c1-15-9-4-2-3-8(7-9)12-6-5-10(13)11(12)14/h2-4,7H,5-6H2,1H3. The first-order valence-electron chi connectivity index (χ1n) is 4.71. The van der Waals surface area contributed by atoms with E-state index in [9.17, 15) is 9.59 Å². The van der Waals surface area contributed by atoms with Gasteiger partial charge in [0, 0.05) is 24.7 Å². The first-order valence-corrected chi connectivity index (χ1v) is 4.71. The first-order chi connectivity index (χ1) is 7.22. The predicted octanol–water partition coefficient (Wildman–Crippen LogP) is 1.00. The minimum absolute atomic E-state index is 0.302. The van der Waals surface area contributed by atoms with Crippen LogP contribution in [0.3, 0.4) is 0 Å². The van der Waals surface area contributed by atoms with E-state index in [1.807, 2.05) is 0 Å². The Hall–Kier alpha value is -1.84. The van der Waals surface area contributed by atoms with Gasteiger partial charge in [-0.25, -0.2) is 0 Å². The van der Waals surface area contributed by atoms with Crippen molar-refractivity contribution in [2.75, 3.05) is 18.6 Å². The Morgan fingerprint density at radius 1 is 1.33 bits per heavy atom. The van der Waals surface area contributed by atoms with E-state index < -0.39 is 5.91 Å². The van der Waals surface area contributed by atoms with E-state index in [1.54, 1.807) is 31.4 Å². The van der Waals surface area contributed by atoms with Gasteiger partial charge in [-0.15, -0.1) is 0 Å². The maximum absolute atomic E-state index is 11.4. The maximum Gasteiger partial charge on any atom is 0.294 e. The third-order valence-corrected chi connectivity index (χ3v) is 2.41. The summed E-state index contributed by atoms with van der Waals surface area (Å²) < 4.78 is 5.05. The van der Waals surface area contributed by atoms with Crippen LogP contribution >= 0.6 is 0 Å². The zero-order valence-electron chi connectivity index (χ0n) is 8.40. The molecule has 1 aliphatic heterocycles. The molecule has 0 aliphatic carbocycles. The molecule has 0 spiro atoms. The number of amides is 1. The highest BCUT2D eigenvalue weighted by molar-refractivity contribution is 6.43. The molecule has 1 aromatic rings. The number of carbonyl (C=O) groups excluding carboxylic acids is 2. The van der Waals surface area contributed by atoms with Gasteiger partial charge in [-0.3, -0.25) is 9.59 Å². The highest BCUT2D eigenvalue weighted by atomic mass is 16.5. The lowest BCUT2D eigenvalue weighted by Crippen LogP contribution is -2.26. The molecule has 4 heteroatoms. The van der Waals surface area contributed by atoms with Gasteiger partial charge in [0.2, 0.25) is 5.78 Å². The number of nitrogens with zero attached hydrogens (tertiary/aromatic N) is 1. The third-order valence-electron chi connectivity index (χ3n) is 2.41. The van der Waals surface area contributed by atoms with Crippen LogP contribution in [0.1, 0.15) is 6.42 Å². The van der Waals surface area contributed by atoms with Crippen molar-refractivity contribution in [1.29, 1.82) is 0 Å². The fourth-order valence-electron chi connectivity index (χ4n) is 1.60. The van der Waals surface area contributed by atoms with Crippen molar-refractivity contribution in [2.45, 2.75) is 6.42 Å². The molecule has 15 heavy (non-hydrogen) atoms. The first kappa shape index (κ1) is 9.71. The number of hydrogen-bond donors (Lipinski definition) is 0. The van der Waals surface area contributed by atoms with Crippen LogP contribution in [-0.2, 0) is 9.59 Å². The van der Waals surface area contributed by atoms with Crippen molar-refractivity contribution in [1.82, 2.24) is 0 Å². The number of ketones is 1. The van der Waals surface area contributed by atoms with E-state index >= 15 is 0 Å². The van der Waals surface area contributed by atoms with Gasteiger partial charge in [-0.1, -0.05) is 6.07 Å². The molecule has 1 aliphatic rings. The monoisotopic (exact) mass is 205 g/mol. The van der Waals surface area contributed by atoms with Crippen LogP contribution in [0.15, 0.2) is 24.3 Å². The lowest BCUT2D eigenvalue weighted by molar-refractivity contribution is -0.133. The van der Waals surface area contributed by atoms with Crippen molar-refractivity contribution in [3.63, 3.8) is 0 Å². The minimum atomic E-state index is -0.428. The third kappa shape index (κ3) is 1.70. The highest BCUT2D eigenvalue weighted by Gasteiger charge is 2.30. The number of Topliss-reactive ketones (excluding diaryl/α,β-unsaturated/α-hetero) is 1. The molecule has 1 heterocycles. The Morgan fingerprint density at radius 2 is 2.13 bits per heavy atom. The number of carbonyl (C=O) groups is 2. The largest absolute Gasteiger partial charge is 0.497 e. The van der Waals surface area contributed by atoms with Crippen LogP contribution in [0.2, 0.25) is 0 Å². The number of anilines is 1. The van der Waals surface area contributed by atoms with E-state index in [1.165, 1.54) is 4.90 Å². The molecule has 0 saturated carbocycles. The van der Waals surface area contributed by atoms with Crippen LogP contribution < -0.4 is 9.64 Å². The Morgan fingerprint density at radius 3 is 2.73 bits per heavy atom. The maximum atomic E-state index is 11.4. The van der Waals surface area contributed by atoms with Gasteiger partial charge in [-0.05, 0) is 12.1 Å². The Kier molecular flexibility index (Phi) is 2.41. The summed E-state index contributed by atoms with van der Waals surface area (Å²) in [6.45, 7) is 0.463. The van der Waals surface area contributed by atoms with E-state index in [0.29, 0.717) is 24.4 Å². The zero-order valence-corrected chi connectivity index (χ0v) is 8.40. The molecule has 0 N–H and O–H groups in total. The summed E-state index contributed by atoms with van der Waals surface area (Å²) in [7, 11) is 1.57. The van der Waals surface area contributed by atoms with Gasteiger partial charge in [0.1, 0.15) is 5.75 Å². The van der Waals surface area contributed by atoms with Crippen LogP contribution in [-0.4, -0.2) is 25.3 Å². The molecule has 4 nitrogen and oxygen atoms in total. The number of rotatable bonds is 2. The van der Waals surface area contributed by atoms with E-state index in [-0.39, 0.29) is 5.78 Å². The number of methoxy groups -OCH3 is 1. The zero-order chi connectivity index (χ0) is 10.8. The summed E-state index contributed by atoms with van der Waals surface area (Å²) >= 11 is 0. The van der Waals surface area contributed by atoms with Gasteiger partial charge in [0.25, 0.3) is 5.91 Å². The second kappa shape index (κ2) is 3.73. The smallest absolute Gasteiger partial charge is 0.294 e. The molecule has 1 amide bonds. The fraction of sp³-hybridized carbons (Fsp3) is 0.273. The molecule has 78 valence electrons. The van der Waals surface area contributed by atoms with Crippen LogP contribution in [0.25, 0.3) is 0 Å². The second-order valence-electron chi connectivity index (χ2n) is 3.33. The van der Waals surface area contributed by atoms with Gasteiger partial charge in [-0.2, -0.15) is 0 Å². The number of hydrogen-bond acceptors (Lipinski definition) is 3.